The maximum Gasteiger partial charge on any atom is 0.0449 e. The fourth-order valence-electron chi connectivity index (χ4n) is 3.51. The summed E-state index contributed by atoms with van der Waals surface area (Å²) >= 11 is 0. The Morgan fingerprint density at radius 3 is 2.67 bits per heavy atom. The maximum atomic E-state index is 3.70. The summed E-state index contributed by atoms with van der Waals surface area (Å²) in [5.74, 6) is 0. The van der Waals surface area contributed by atoms with Gasteiger partial charge in [0.15, 0.2) is 0 Å². The lowest BCUT2D eigenvalue weighted by molar-refractivity contribution is 0.129. The molecule has 0 bridgehead atoms. The Balaban J connectivity index is 2.12. The van der Waals surface area contributed by atoms with Crippen molar-refractivity contribution >= 4 is 0 Å². The first-order chi connectivity index (χ1) is 10.2. The van der Waals surface area contributed by atoms with Crippen molar-refractivity contribution in [3.05, 3.63) is 34.9 Å². The number of aryl methyl sites for hydroxylation is 2. The van der Waals surface area contributed by atoms with E-state index in [1.807, 2.05) is 0 Å². The summed E-state index contributed by atoms with van der Waals surface area (Å²) in [5.41, 5.74) is 4.24. The second-order valence-corrected chi connectivity index (χ2v) is 6.51. The molecule has 0 radical (unpaired) electrons. The van der Waals surface area contributed by atoms with E-state index < -0.39 is 0 Å². The van der Waals surface area contributed by atoms with Gasteiger partial charge in [-0.3, -0.25) is 4.90 Å². The molecule has 2 unspecified atom stereocenters. The summed E-state index contributed by atoms with van der Waals surface area (Å²) < 4.78 is 0. The number of rotatable bonds is 6. The molecule has 1 saturated heterocycles. The fraction of sp³-hybridized carbons (Fsp3) is 0.684. The summed E-state index contributed by atoms with van der Waals surface area (Å²) in [6.45, 7) is 12.4. The van der Waals surface area contributed by atoms with Crippen LogP contribution in [0.15, 0.2) is 18.2 Å². The van der Waals surface area contributed by atoms with E-state index in [-0.39, 0.29) is 0 Å². The van der Waals surface area contributed by atoms with Gasteiger partial charge in [-0.2, -0.15) is 0 Å². The zero-order chi connectivity index (χ0) is 15.2. The summed E-state index contributed by atoms with van der Waals surface area (Å²) in [7, 11) is 0. The average Bonchev–Trinajstić information content (AvgIpc) is 2.50. The van der Waals surface area contributed by atoms with Gasteiger partial charge < -0.3 is 5.32 Å². The standard InChI is InChI=1S/C19H32N2/c1-5-18-9-7-8-12-21(18)14-19(20-6-2)17-11-10-15(3)16(4)13-17/h10-11,13,18-20H,5-9,12,14H2,1-4H3. The van der Waals surface area contributed by atoms with Crippen LogP contribution in [-0.2, 0) is 0 Å². The number of likely N-dealkylation sites (tertiary alicyclic amines) is 1. The molecule has 1 fully saturated rings. The predicted octanol–water partition coefficient (Wildman–Crippen LogP) is 4.22. The highest BCUT2D eigenvalue weighted by Crippen LogP contribution is 2.24. The Morgan fingerprint density at radius 2 is 2.00 bits per heavy atom. The van der Waals surface area contributed by atoms with Crippen LogP contribution in [0.3, 0.4) is 0 Å². The highest BCUT2D eigenvalue weighted by molar-refractivity contribution is 5.32. The molecule has 2 nitrogen and oxygen atoms in total. The monoisotopic (exact) mass is 288 g/mol. The van der Waals surface area contributed by atoms with Crippen LogP contribution < -0.4 is 5.32 Å². The molecule has 1 aromatic carbocycles. The fourth-order valence-corrected chi connectivity index (χ4v) is 3.51. The van der Waals surface area contributed by atoms with Crippen molar-refractivity contribution < 1.29 is 0 Å². The van der Waals surface area contributed by atoms with Gasteiger partial charge in [0.05, 0.1) is 0 Å². The lowest BCUT2D eigenvalue weighted by Crippen LogP contribution is -2.44. The Labute approximate surface area is 130 Å². The molecule has 1 aromatic rings. The second-order valence-electron chi connectivity index (χ2n) is 6.51. The molecule has 0 saturated carbocycles. The van der Waals surface area contributed by atoms with Crippen LogP contribution in [-0.4, -0.2) is 30.6 Å². The Bertz CT molecular complexity index is 441. The van der Waals surface area contributed by atoms with Gasteiger partial charge in [0, 0.05) is 18.6 Å². The second kappa shape index (κ2) is 7.95. The lowest BCUT2D eigenvalue weighted by atomic mass is 9.96. The van der Waals surface area contributed by atoms with Crippen LogP contribution in [0.2, 0.25) is 0 Å². The Kier molecular flexibility index (Phi) is 6.25. The molecular weight excluding hydrogens is 256 g/mol. The van der Waals surface area contributed by atoms with Gasteiger partial charge in [-0.15, -0.1) is 0 Å². The summed E-state index contributed by atoms with van der Waals surface area (Å²) in [6.07, 6.45) is 5.43. The molecule has 0 aliphatic carbocycles. The van der Waals surface area contributed by atoms with Crippen molar-refractivity contribution in [3.63, 3.8) is 0 Å². The van der Waals surface area contributed by atoms with Crippen molar-refractivity contribution in [3.8, 4) is 0 Å². The van der Waals surface area contributed by atoms with Crippen LogP contribution in [0.4, 0.5) is 0 Å². The third kappa shape index (κ3) is 4.31. The Morgan fingerprint density at radius 1 is 1.19 bits per heavy atom. The maximum absolute atomic E-state index is 3.70. The molecule has 2 rings (SSSR count). The topological polar surface area (TPSA) is 15.3 Å². The first-order valence-corrected chi connectivity index (χ1v) is 8.70. The van der Waals surface area contributed by atoms with Crippen LogP contribution in [0.25, 0.3) is 0 Å². The van der Waals surface area contributed by atoms with Gasteiger partial charge in [-0.1, -0.05) is 38.5 Å². The predicted molar refractivity (Wildman–Crippen MR) is 91.8 cm³/mol. The quantitative estimate of drug-likeness (QED) is 0.843. The highest BCUT2D eigenvalue weighted by atomic mass is 15.2. The molecule has 2 heteroatoms. The minimum absolute atomic E-state index is 0.460. The largest absolute Gasteiger partial charge is 0.309 e. The number of benzene rings is 1. The molecule has 1 aliphatic rings. The molecule has 2 atom stereocenters. The molecule has 0 amide bonds. The number of piperidine rings is 1. The van der Waals surface area contributed by atoms with Gasteiger partial charge in [0.2, 0.25) is 0 Å². The van der Waals surface area contributed by atoms with Gasteiger partial charge in [-0.25, -0.2) is 0 Å². The van der Waals surface area contributed by atoms with Crippen LogP contribution >= 0.6 is 0 Å². The first kappa shape index (κ1) is 16.5. The molecule has 1 N–H and O–H groups in total. The number of hydrogen-bond donors (Lipinski definition) is 1. The van der Waals surface area contributed by atoms with Gasteiger partial charge >= 0.3 is 0 Å². The zero-order valence-electron chi connectivity index (χ0n) is 14.3. The highest BCUT2D eigenvalue weighted by Gasteiger charge is 2.24. The van der Waals surface area contributed by atoms with Crippen LogP contribution in [0.5, 0.6) is 0 Å². The molecule has 0 aromatic heterocycles. The number of likely N-dealkylation sites (N-methyl/N-ethyl adjacent to an activating group) is 1. The molecular formula is C19H32N2. The van der Waals surface area contributed by atoms with Gasteiger partial charge in [0.1, 0.15) is 0 Å². The molecule has 21 heavy (non-hydrogen) atoms. The minimum atomic E-state index is 0.460. The van der Waals surface area contributed by atoms with E-state index in [1.54, 1.807) is 0 Å². The van der Waals surface area contributed by atoms with E-state index in [2.05, 4.69) is 56.1 Å². The van der Waals surface area contributed by atoms with Gasteiger partial charge in [-0.05, 0) is 62.9 Å². The molecule has 1 aliphatic heterocycles. The summed E-state index contributed by atoms with van der Waals surface area (Å²) in [5, 5.41) is 3.70. The Hall–Kier alpha value is -0.860. The zero-order valence-corrected chi connectivity index (χ0v) is 14.3. The van der Waals surface area contributed by atoms with Crippen molar-refractivity contribution in [1.29, 1.82) is 0 Å². The van der Waals surface area contributed by atoms with E-state index in [0.717, 1.165) is 19.1 Å². The summed E-state index contributed by atoms with van der Waals surface area (Å²) in [6, 6.07) is 8.18. The smallest absolute Gasteiger partial charge is 0.0449 e. The van der Waals surface area contributed by atoms with E-state index in [9.17, 15) is 0 Å². The first-order valence-electron chi connectivity index (χ1n) is 8.70. The summed E-state index contributed by atoms with van der Waals surface area (Å²) in [4.78, 5) is 2.71. The minimum Gasteiger partial charge on any atom is -0.309 e. The molecule has 118 valence electrons. The third-order valence-corrected chi connectivity index (χ3v) is 5.02. The van der Waals surface area contributed by atoms with E-state index in [0.29, 0.717) is 6.04 Å². The lowest BCUT2D eigenvalue weighted by Gasteiger charge is -2.38. The van der Waals surface area contributed by atoms with E-state index in [1.165, 1.54) is 48.9 Å². The number of hydrogen-bond acceptors (Lipinski definition) is 2. The molecule has 1 heterocycles. The van der Waals surface area contributed by atoms with E-state index >= 15 is 0 Å². The third-order valence-electron chi connectivity index (χ3n) is 5.02. The molecule has 0 spiro atoms. The number of nitrogens with zero attached hydrogens (tertiary/aromatic N) is 1. The van der Waals surface area contributed by atoms with Crippen LogP contribution in [0.1, 0.15) is 62.3 Å². The normalized spacial score (nSPS) is 21.4. The van der Waals surface area contributed by atoms with Crippen molar-refractivity contribution in [2.45, 2.75) is 65.5 Å². The number of nitrogens with one attached hydrogen (secondary N) is 1. The van der Waals surface area contributed by atoms with Crippen molar-refractivity contribution in [1.82, 2.24) is 10.2 Å². The SMILES string of the molecule is CCNC(CN1CCCCC1CC)c1ccc(C)c(C)c1. The van der Waals surface area contributed by atoms with Gasteiger partial charge in [0.25, 0.3) is 0 Å². The van der Waals surface area contributed by atoms with Crippen molar-refractivity contribution in [2.75, 3.05) is 19.6 Å². The van der Waals surface area contributed by atoms with Crippen LogP contribution in [0, 0.1) is 13.8 Å². The van der Waals surface area contributed by atoms with Crippen molar-refractivity contribution in [2.24, 2.45) is 0 Å². The average molecular weight is 288 g/mol. The van der Waals surface area contributed by atoms with E-state index in [4.69, 9.17) is 0 Å².